The summed E-state index contributed by atoms with van der Waals surface area (Å²) in [6.07, 6.45) is 2.44. The molecule has 0 aromatic rings. The van der Waals surface area contributed by atoms with Gasteiger partial charge in [-0.3, -0.25) is 0 Å². The minimum Gasteiger partial charge on any atom is -0.793 e. The van der Waals surface area contributed by atoms with Crippen LogP contribution in [0, 0.1) is 0 Å². The summed E-state index contributed by atoms with van der Waals surface area (Å²) in [4.78, 5) is 0. The molecule has 1 heteroatoms. The lowest BCUT2D eigenvalue weighted by atomic mass is 10.4. The van der Waals surface area contributed by atoms with Crippen LogP contribution in [-0.4, -0.2) is 5.75 Å². The van der Waals surface area contributed by atoms with Gasteiger partial charge in [0.05, 0.1) is 0 Å². The first-order valence-corrected chi connectivity index (χ1v) is 2.57. The van der Waals surface area contributed by atoms with Crippen LogP contribution in [0.15, 0.2) is 0 Å². The third-order valence-corrected chi connectivity index (χ3v) is 0.787. The van der Waals surface area contributed by atoms with E-state index in [0.717, 1.165) is 5.75 Å². The van der Waals surface area contributed by atoms with E-state index in [1.807, 2.05) is 0 Å². The normalized spacial score (nSPS) is 8.40. The highest BCUT2D eigenvalue weighted by Gasteiger charge is 1.60. The van der Waals surface area contributed by atoms with Crippen molar-refractivity contribution < 1.29 is 0 Å². The molecule has 0 fully saturated rings. The fourth-order valence-corrected chi connectivity index (χ4v) is 0.433. The summed E-state index contributed by atoms with van der Waals surface area (Å²) in [6, 6.07) is 0. The monoisotopic (exact) mass is 89.0 g/mol. The average molecular weight is 89.2 g/mol. The largest absolute Gasteiger partial charge is 0.793 e. The lowest BCUT2D eigenvalue weighted by Gasteiger charge is -1.94. The van der Waals surface area contributed by atoms with Crippen LogP contribution in [0.5, 0.6) is 0 Å². The second kappa shape index (κ2) is 4.35. The zero-order chi connectivity index (χ0) is 4.12. The highest BCUT2D eigenvalue weighted by molar-refractivity contribution is 7.58. The van der Waals surface area contributed by atoms with Gasteiger partial charge in [0.1, 0.15) is 0 Å². The van der Waals surface area contributed by atoms with Crippen molar-refractivity contribution >= 4 is 12.6 Å². The molecule has 0 aliphatic carbocycles. The van der Waals surface area contributed by atoms with Crippen LogP contribution in [0.3, 0.4) is 0 Å². The maximum absolute atomic E-state index is 4.65. The fraction of sp³-hybridized carbons (Fsp3) is 1.00. The first-order valence-electron chi connectivity index (χ1n) is 2.00. The van der Waals surface area contributed by atoms with E-state index in [2.05, 4.69) is 19.6 Å². The number of hydrogen-bond donors (Lipinski definition) is 0. The van der Waals surface area contributed by atoms with Crippen LogP contribution >= 0.6 is 0 Å². The molecule has 0 saturated carbocycles. The second-order valence-electron chi connectivity index (χ2n) is 1.06. The van der Waals surface area contributed by atoms with Crippen LogP contribution in [0.4, 0.5) is 0 Å². The summed E-state index contributed by atoms with van der Waals surface area (Å²) in [5.74, 6) is 0.927. The van der Waals surface area contributed by atoms with Gasteiger partial charge >= 0.3 is 0 Å². The van der Waals surface area contributed by atoms with Gasteiger partial charge < -0.3 is 12.6 Å². The Morgan fingerprint density at radius 2 is 2.20 bits per heavy atom. The van der Waals surface area contributed by atoms with Gasteiger partial charge in [-0.1, -0.05) is 19.8 Å². The third-order valence-electron chi connectivity index (χ3n) is 0.498. The summed E-state index contributed by atoms with van der Waals surface area (Å²) >= 11 is 4.65. The summed E-state index contributed by atoms with van der Waals surface area (Å²) in [5.41, 5.74) is 0. The van der Waals surface area contributed by atoms with E-state index >= 15 is 0 Å². The summed E-state index contributed by atoms with van der Waals surface area (Å²) in [7, 11) is 0. The Bertz CT molecular complexity index is 11.1. The molecule has 0 aliphatic rings. The molecule has 0 saturated heterocycles. The smallest absolute Gasteiger partial charge is 0.0580 e. The predicted molar refractivity (Wildman–Crippen MR) is 27.1 cm³/mol. The number of unbranched alkanes of at least 4 members (excludes halogenated alkanes) is 1. The Morgan fingerprint density at radius 3 is 2.20 bits per heavy atom. The lowest BCUT2D eigenvalue weighted by molar-refractivity contribution is 0.898. The Morgan fingerprint density at radius 1 is 1.60 bits per heavy atom. The van der Waals surface area contributed by atoms with Crippen molar-refractivity contribution in [1.29, 1.82) is 0 Å². The van der Waals surface area contributed by atoms with E-state index in [1.165, 1.54) is 12.8 Å². The van der Waals surface area contributed by atoms with Gasteiger partial charge in [0, 0.05) is 0 Å². The molecule has 0 aliphatic heterocycles. The quantitative estimate of drug-likeness (QED) is 0.460. The van der Waals surface area contributed by atoms with E-state index in [1.54, 1.807) is 0 Å². The first kappa shape index (κ1) is 5.35. The van der Waals surface area contributed by atoms with Crippen LogP contribution in [0.25, 0.3) is 0 Å². The second-order valence-corrected chi connectivity index (χ2v) is 1.47. The molecule has 0 aromatic heterocycles. The molecule has 0 unspecified atom stereocenters. The molecule has 0 aromatic carbocycles. The lowest BCUT2D eigenvalue weighted by Crippen LogP contribution is -1.71. The topological polar surface area (TPSA) is 0 Å². The first-order chi connectivity index (χ1) is 2.41. The third kappa shape index (κ3) is 4.35. The van der Waals surface area contributed by atoms with Crippen molar-refractivity contribution in [2.24, 2.45) is 0 Å². The van der Waals surface area contributed by atoms with Crippen LogP contribution in [-0.2, 0) is 12.6 Å². The molecule has 0 radical (unpaired) electrons. The molecule has 0 amide bonds. The SMILES string of the molecule is CCCC[S-]. The molecule has 0 heterocycles. The Balaban J connectivity index is 2.19. The maximum Gasteiger partial charge on any atom is -0.0580 e. The van der Waals surface area contributed by atoms with Crippen molar-refractivity contribution in [3.63, 3.8) is 0 Å². The van der Waals surface area contributed by atoms with Crippen LogP contribution < -0.4 is 0 Å². The van der Waals surface area contributed by atoms with E-state index in [4.69, 9.17) is 0 Å². The van der Waals surface area contributed by atoms with Crippen molar-refractivity contribution in [2.75, 3.05) is 5.75 Å². The van der Waals surface area contributed by atoms with Gasteiger partial charge in [-0.25, -0.2) is 0 Å². The zero-order valence-corrected chi connectivity index (χ0v) is 4.35. The predicted octanol–water partition coefficient (Wildman–Crippen LogP) is 1.33. The van der Waals surface area contributed by atoms with Gasteiger partial charge in [0.2, 0.25) is 0 Å². The van der Waals surface area contributed by atoms with Crippen molar-refractivity contribution in [3.8, 4) is 0 Å². The van der Waals surface area contributed by atoms with Gasteiger partial charge in [0.25, 0.3) is 0 Å². The highest BCUT2D eigenvalue weighted by Crippen LogP contribution is 1.80. The van der Waals surface area contributed by atoms with Crippen LogP contribution in [0.2, 0.25) is 0 Å². The zero-order valence-electron chi connectivity index (χ0n) is 3.53. The highest BCUT2D eigenvalue weighted by atomic mass is 32.1. The maximum atomic E-state index is 4.65. The standard InChI is InChI=1S/C4H10S/c1-2-3-4-5/h5H,2-4H2,1H3/p-1. The summed E-state index contributed by atoms with van der Waals surface area (Å²) in [6.45, 7) is 2.15. The summed E-state index contributed by atoms with van der Waals surface area (Å²) < 4.78 is 0. The Labute approximate surface area is 39.0 Å². The minimum absolute atomic E-state index is 0.927. The van der Waals surface area contributed by atoms with E-state index in [0.29, 0.717) is 0 Å². The molecular formula is C4H9S-. The Hall–Kier alpha value is 0.350. The number of hydrogen-bond acceptors (Lipinski definition) is 1. The summed E-state index contributed by atoms with van der Waals surface area (Å²) in [5, 5.41) is 0. The minimum atomic E-state index is 0.927. The molecule has 0 rings (SSSR count). The van der Waals surface area contributed by atoms with E-state index < -0.39 is 0 Å². The van der Waals surface area contributed by atoms with Crippen LogP contribution in [0.1, 0.15) is 19.8 Å². The van der Waals surface area contributed by atoms with Gasteiger partial charge in [-0.2, -0.15) is 5.75 Å². The molecule has 32 valence electrons. The van der Waals surface area contributed by atoms with Gasteiger partial charge in [-0.05, 0) is 0 Å². The molecule has 0 bridgehead atoms. The fourth-order valence-electron chi connectivity index (χ4n) is 0.144. The molecular weight excluding hydrogens is 80.1 g/mol. The molecule has 0 spiro atoms. The average Bonchev–Trinajstić information content (AvgIpc) is 1.41. The van der Waals surface area contributed by atoms with Gasteiger partial charge in [0.15, 0.2) is 0 Å². The van der Waals surface area contributed by atoms with Crippen molar-refractivity contribution in [1.82, 2.24) is 0 Å². The van der Waals surface area contributed by atoms with Gasteiger partial charge in [-0.15, -0.1) is 0 Å². The molecule has 5 heavy (non-hydrogen) atoms. The van der Waals surface area contributed by atoms with E-state index in [-0.39, 0.29) is 0 Å². The number of rotatable bonds is 2. The molecule has 0 nitrogen and oxygen atoms in total. The Kier molecular flexibility index (Phi) is 4.65. The molecule has 0 N–H and O–H groups in total. The van der Waals surface area contributed by atoms with Crippen molar-refractivity contribution in [3.05, 3.63) is 0 Å². The van der Waals surface area contributed by atoms with E-state index in [9.17, 15) is 0 Å². The van der Waals surface area contributed by atoms with Crippen molar-refractivity contribution in [2.45, 2.75) is 19.8 Å². The molecule has 0 atom stereocenters.